The Morgan fingerprint density at radius 1 is 1.56 bits per heavy atom. The van der Waals surface area contributed by atoms with E-state index in [9.17, 15) is 4.39 Å². The SMILES string of the molecule is CN(C1CC1)C(CN)c1cc(F)ccc1Br. The zero-order valence-electron chi connectivity index (χ0n) is 9.29. The summed E-state index contributed by atoms with van der Waals surface area (Å²) in [6, 6.07) is 5.48. The van der Waals surface area contributed by atoms with Crippen molar-refractivity contribution in [1.29, 1.82) is 0 Å². The van der Waals surface area contributed by atoms with E-state index >= 15 is 0 Å². The summed E-state index contributed by atoms with van der Waals surface area (Å²) in [4.78, 5) is 2.25. The van der Waals surface area contributed by atoms with Crippen molar-refractivity contribution in [2.24, 2.45) is 5.73 Å². The highest BCUT2D eigenvalue weighted by molar-refractivity contribution is 9.10. The van der Waals surface area contributed by atoms with E-state index in [1.807, 2.05) is 0 Å². The first-order chi connectivity index (χ1) is 7.63. The van der Waals surface area contributed by atoms with Crippen LogP contribution in [0, 0.1) is 5.82 Å². The van der Waals surface area contributed by atoms with Crippen LogP contribution in [0.3, 0.4) is 0 Å². The number of nitrogens with zero attached hydrogens (tertiary/aromatic N) is 1. The van der Waals surface area contributed by atoms with Crippen LogP contribution in [0.1, 0.15) is 24.4 Å². The molecule has 2 N–H and O–H groups in total. The first-order valence-electron chi connectivity index (χ1n) is 5.50. The van der Waals surface area contributed by atoms with Gasteiger partial charge in [0.05, 0.1) is 0 Å². The van der Waals surface area contributed by atoms with Gasteiger partial charge in [-0.25, -0.2) is 4.39 Å². The topological polar surface area (TPSA) is 29.3 Å². The van der Waals surface area contributed by atoms with Crippen molar-refractivity contribution in [3.05, 3.63) is 34.1 Å². The standard InChI is InChI=1S/C12H16BrFN2/c1-16(9-3-4-9)12(7-15)10-6-8(14)2-5-11(10)13/h2,5-6,9,12H,3-4,7,15H2,1H3. The summed E-state index contributed by atoms with van der Waals surface area (Å²) in [7, 11) is 2.06. The van der Waals surface area contributed by atoms with Gasteiger partial charge in [-0.15, -0.1) is 0 Å². The Bertz CT molecular complexity index is 379. The zero-order chi connectivity index (χ0) is 11.7. The van der Waals surface area contributed by atoms with Gasteiger partial charge in [-0.3, -0.25) is 4.90 Å². The highest BCUT2D eigenvalue weighted by Crippen LogP contribution is 2.35. The van der Waals surface area contributed by atoms with E-state index in [4.69, 9.17) is 5.73 Å². The molecule has 0 spiro atoms. The minimum atomic E-state index is -0.208. The van der Waals surface area contributed by atoms with Crippen molar-refractivity contribution in [3.8, 4) is 0 Å². The number of hydrogen-bond acceptors (Lipinski definition) is 2. The third-order valence-electron chi connectivity index (χ3n) is 3.15. The highest BCUT2D eigenvalue weighted by atomic mass is 79.9. The summed E-state index contributed by atoms with van der Waals surface area (Å²) >= 11 is 3.46. The zero-order valence-corrected chi connectivity index (χ0v) is 10.9. The minimum absolute atomic E-state index is 0.0950. The molecular formula is C12H16BrFN2. The lowest BCUT2D eigenvalue weighted by Crippen LogP contribution is -2.32. The molecule has 88 valence electrons. The molecule has 0 aromatic heterocycles. The van der Waals surface area contributed by atoms with E-state index in [1.54, 1.807) is 12.1 Å². The fraction of sp³-hybridized carbons (Fsp3) is 0.500. The number of nitrogens with two attached hydrogens (primary N) is 1. The number of rotatable bonds is 4. The molecule has 1 aromatic carbocycles. The van der Waals surface area contributed by atoms with Gasteiger partial charge in [0.2, 0.25) is 0 Å². The molecule has 1 aromatic rings. The summed E-state index contributed by atoms with van der Waals surface area (Å²) in [5, 5.41) is 0. The lowest BCUT2D eigenvalue weighted by molar-refractivity contribution is 0.239. The lowest BCUT2D eigenvalue weighted by atomic mass is 10.1. The Balaban J connectivity index is 2.27. The fourth-order valence-electron chi connectivity index (χ4n) is 2.02. The maximum Gasteiger partial charge on any atom is 0.123 e. The molecule has 0 radical (unpaired) electrons. The first-order valence-corrected chi connectivity index (χ1v) is 6.29. The summed E-state index contributed by atoms with van der Waals surface area (Å²) < 4.78 is 14.2. The molecule has 16 heavy (non-hydrogen) atoms. The van der Waals surface area contributed by atoms with Gasteiger partial charge in [-0.1, -0.05) is 15.9 Å². The molecule has 1 fully saturated rings. The molecule has 0 heterocycles. The number of benzene rings is 1. The van der Waals surface area contributed by atoms with Crippen LogP contribution in [-0.2, 0) is 0 Å². The van der Waals surface area contributed by atoms with Gasteiger partial charge in [0, 0.05) is 23.1 Å². The summed E-state index contributed by atoms with van der Waals surface area (Å²) in [6.07, 6.45) is 2.44. The van der Waals surface area contributed by atoms with Gasteiger partial charge in [0.1, 0.15) is 5.82 Å². The maximum atomic E-state index is 13.2. The average Bonchev–Trinajstić information content (AvgIpc) is 3.07. The molecule has 0 saturated heterocycles. The van der Waals surface area contributed by atoms with Crippen molar-refractivity contribution < 1.29 is 4.39 Å². The van der Waals surface area contributed by atoms with Crippen LogP contribution in [0.15, 0.2) is 22.7 Å². The van der Waals surface area contributed by atoms with Crippen LogP contribution in [0.2, 0.25) is 0 Å². The van der Waals surface area contributed by atoms with Crippen LogP contribution in [0.25, 0.3) is 0 Å². The van der Waals surface area contributed by atoms with Crippen LogP contribution in [-0.4, -0.2) is 24.5 Å². The van der Waals surface area contributed by atoms with Gasteiger partial charge >= 0.3 is 0 Å². The molecule has 0 aliphatic heterocycles. The molecule has 0 amide bonds. The number of hydrogen-bond donors (Lipinski definition) is 1. The third kappa shape index (κ3) is 2.44. The van der Waals surface area contributed by atoms with E-state index < -0.39 is 0 Å². The number of halogens is 2. The first kappa shape index (κ1) is 12.0. The van der Waals surface area contributed by atoms with Crippen LogP contribution in [0.4, 0.5) is 4.39 Å². The van der Waals surface area contributed by atoms with Gasteiger partial charge in [0.15, 0.2) is 0 Å². The smallest absolute Gasteiger partial charge is 0.123 e. The summed E-state index contributed by atoms with van der Waals surface area (Å²) in [5.41, 5.74) is 6.75. The Labute approximate surface area is 104 Å². The van der Waals surface area contributed by atoms with Gasteiger partial charge in [-0.2, -0.15) is 0 Å². The fourth-order valence-corrected chi connectivity index (χ4v) is 2.53. The van der Waals surface area contributed by atoms with E-state index in [0.29, 0.717) is 12.6 Å². The Hall–Kier alpha value is -0.450. The molecule has 2 nitrogen and oxygen atoms in total. The number of likely N-dealkylation sites (N-methyl/N-ethyl adjacent to an activating group) is 1. The molecule has 1 atom stereocenters. The van der Waals surface area contributed by atoms with Crippen LogP contribution >= 0.6 is 15.9 Å². The van der Waals surface area contributed by atoms with Gasteiger partial charge in [0.25, 0.3) is 0 Å². The Kier molecular flexibility index (Phi) is 3.62. The molecule has 4 heteroatoms. The predicted octanol–water partition coefficient (Wildman–Crippen LogP) is 2.68. The van der Waals surface area contributed by atoms with E-state index in [1.165, 1.54) is 18.9 Å². The monoisotopic (exact) mass is 286 g/mol. The maximum absolute atomic E-state index is 13.2. The van der Waals surface area contributed by atoms with Crippen molar-refractivity contribution >= 4 is 15.9 Å². The molecule has 1 aliphatic carbocycles. The Morgan fingerprint density at radius 3 is 2.81 bits per heavy atom. The summed E-state index contributed by atoms with van der Waals surface area (Å²) in [5.74, 6) is -0.208. The third-order valence-corrected chi connectivity index (χ3v) is 3.88. The second kappa shape index (κ2) is 4.82. The molecule has 1 unspecified atom stereocenters. The van der Waals surface area contributed by atoms with E-state index in [0.717, 1.165) is 10.0 Å². The van der Waals surface area contributed by atoms with Crippen molar-refractivity contribution in [2.75, 3.05) is 13.6 Å². The molecular weight excluding hydrogens is 271 g/mol. The average molecular weight is 287 g/mol. The second-order valence-electron chi connectivity index (χ2n) is 4.31. The minimum Gasteiger partial charge on any atom is -0.329 e. The highest BCUT2D eigenvalue weighted by Gasteiger charge is 2.31. The van der Waals surface area contributed by atoms with Crippen LogP contribution in [0.5, 0.6) is 0 Å². The molecule has 2 rings (SSSR count). The van der Waals surface area contributed by atoms with E-state index in [-0.39, 0.29) is 11.9 Å². The van der Waals surface area contributed by atoms with Gasteiger partial charge < -0.3 is 5.73 Å². The van der Waals surface area contributed by atoms with Crippen molar-refractivity contribution in [3.63, 3.8) is 0 Å². The normalized spacial score (nSPS) is 17.8. The van der Waals surface area contributed by atoms with E-state index in [2.05, 4.69) is 27.9 Å². The second-order valence-corrected chi connectivity index (χ2v) is 5.17. The molecule has 1 aliphatic rings. The lowest BCUT2D eigenvalue weighted by Gasteiger charge is -2.28. The Morgan fingerprint density at radius 2 is 2.25 bits per heavy atom. The largest absolute Gasteiger partial charge is 0.329 e. The predicted molar refractivity (Wildman–Crippen MR) is 66.7 cm³/mol. The van der Waals surface area contributed by atoms with Crippen molar-refractivity contribution in [2.45, 2.75) is 24.9 Å². The summed E-state index contributed by atoms with van der Waals surface area (Å²) in [6.45, 7) is 0.509. The van der Waals surface area contributed by atoms with Crippen LogP contribution < -0.4 is 5.73 Å². The molecule has 1 saturated carbocycles. The van der Waals surface area contributed by atoms with Gasteiger partial charge in [-0.05, 0) is 43.7 Å². The van der Waals surface area contributed by atoms with Crippen molar-refractivity contribution in [1.82, 2.24) is 4.90 Å². The quantitative estimate of drug-likeness (QED) is 0.922. The molecule has 0 bridgehead atoms.